The Balaban J connectivity index is 3.40. The standard InChI is InChI=1S/C42H81NO5/c1-4-6-8-10-12-14-16-18-20-22-24-26-28-30-32-34-38-46-41-47-39-36-43(45-3)37-40-48-42(44)35-33-31-29-27-25-23-21-19-17-15-13-11-9-7-5-2/h18-21H,4-17,22-41H2,1-3H3/b20-18-,21-19-. The van der Waals surface area contributed by atoms with Gasteiger partial charge < -0.3 is 19.0 Å². The second-order valence-electron chi connectivity index (χ2n) is 13.5. The third-order valence-electron chi connectivity index (χ3n) is 8.96. The molecule has 6 nitrogen and oxygen atoms in total. The van der Waals surface area contributed by atoms with Gasteiger partial charge in [0, 0.05) is 19.6 Å². The fraction of sp³-hybridized carbons (Fsp3) is 0.881. The summed E-state index contributed by atoms with van der Waals surface area (Å²) in [7, 11) is 1.64. The minimum Gasteiger partial charge on any atom is -0.464 e. The molecular weight excluding hydrogens is 598 g/mol. The maximum absolute atomic E-state index is 12.1. The zero-order chi connectivity index (χ0) is 34.9. The number of hydrogen-bond acceptors (Lipinski definition) is 6. The van der Waals surface area contributed by atoms with E-state index in [1.807, 2.05) is 0 Å². The highest BCUT2D eigenvalue weighted by atomic mass is 16.7. The fourth-order valence-electron chi connectivity index (χ4n) is 5.76. The van der Waals surface area contributed by atoms with E-state index in [0.717, 1.165) is 25.9 Å². The second kappa shape index (κ2) is 42.0. The van der Waals surface area contributed by atoms with Crippen LogP contribution in [0, 0.1) is 0 Å². The van der Waals surface area contributed by atoms with Crippen molar-refractivity contribution in [3.8, 4) is 0 Å². The molecule has 6 heteroatoms. The average molecular weight is 680 g/mol. The molecule has 0 unspecified atom stereocenters. The first-order valence-electron chi connectivity index (χ1n) is 20.6. The van der Waals surface area contributed by atoms with Crippen LogP contribution in [0.15, 0.2) is 24.3 Å². The highest BCUT2D eigenvalue weighted by molar-refractivity contribution is 5.69. The van der Waals surface area contributed by atoms with Crippen LogP contribution in [0.4, 0.5) is 0 Å². The lowest BCUT2D eigenvalue weighted by Gasteiger charge is -2.19. The third kappa shape index (κ3) is 39.2. The van der Waals surface area contributed by atoms with Crippen molar-refractivity contribution >= 4 is 5.97 Å². The number of esters is 1. The van der Waals surface area contributed by atoms with Crippen molar-refractivity contribution in [1.82, 2.24) is 5.06 Å². The van der Waals surface area contributed by atoms with Gasteiger partial charge >= 0.3 is 5.97 Å². The molecule has 0 spiro atoms. The van der Waals surface area contributed by atoms with Crippen LogP contribution in [0.25, 0.3) is 0 Å². The summed E-state index contributed by atoms with van der Waals surface area (Å²) in [6.07, 6.45) is 44.7. The van der Waals surface area contributed by atoms with Gasteiger partial charge in [0.25, 0.3) is 0 Å². The number of nitrogens with zero attached hydrogens (tertiary/aromatic N) is 1. The zero-order valence-corrected chi connectivity index (χ0v) is 32.3. The van der Waals surface area contributed by atoms with E-state index >= 15 is 0 Å². The smallest absolute Gasteiger partial charge is 0.305 e. The average Bonchev–Trinajstić information content (AvgIpc) is 3.09. The first-order chi connectivity index (χ1) is 23.7. The molecule has 0 amide bonds. The van der Waals surface area contributed by atoms with Gasteiger partial charge in [0.05, 0.1) is 20.3 Å². The normalized spacial score (nSPS) is 11.9. The van der Waals surface area contributed by atoms with Crippen molar-refractivity contribution in [2.75, 3.05) is 46.8 Å². The van der Waals surface area contributed by atoms with E-state index in [4.69, 9.17) is 19.0 Å². The van der Waals surface area contributed by atoms with E-state index in [1.54, 1.807) is 12.2 Å². The van der Waals surface area contributed by atoms with E-state index in [2.05, 4.69) is 38.2 Å². The Bertz CT molecular complexity index is 683. The molecule has 0 aromatic carbocycles. The van der Waals surface area contributed by atoms with Crippen LogP contribution in [0.3, 0.4) is 0 Å². The molecule has 0 aromatic heterocycles. The van der Waals surface area contributed by atoms with Gasteiger partial charge in [-0.05, 0) is 64.2 Å². The number of carbonyl (C=O) groups excluding carboxylic acids is 1. The summed E-state index contributed by atoms with van der Waals surface area (Å²) in [4.78, 5) is 17.4. The van der Waals surface area contributed by atoms with Gasteiger partial charge in [0.15, 0.2) is 0 Å². The molecule has 0 heterocycles. The van der Waals surface area contributed by atoms with Gasteiger partial charge in [-0.1, -0.05) is 147 Å². The Morgan fingerprint density at radius 3 is 1.35 bits per heavy atom. The van der Waals surface area contributed by atoms with Crippen LogP contribution < -0.4 is 0 Å². The van der Waals surface area contributed by atoms with E-state index in [0.29, 0.717) is 39.5 Å². The lowest BCUT2D eigenvalue weighted by atomic mass is 10.1. The van der Waals surface area contributed by atoms with E-state index < -0.39 is 0 Å². The monoisotopic (exact) mass is 680 g/mol. The predicted molar refractivity (Wildman–Crippen MR) is 205 cm³/mol. The number of carbonyl (C=O) groups is 1. The molecule has 0 N–H and O–H groups in total. The van der Waals surface area contributed by atoms with Crippen LogP contribution in [0.5, 0.6) is 0 Å². The number of allylic oxidation sites excluding steroid dienone is 4. The molecule has 0 saturated heterocycles. The van der Waals surface area contributed by atoms with Gasteiger partial charge in [0.2, 0.25) is 0 Å². The number of unbranched alkanes of at least 4 members (excludes halogenated alkanes) is 23. The minimum absolute atomic E-state index is 0.112. The first kappa shape index (κ1) is 46.8. The molecule has 0 bridgehead atoms. The van der Waals surface area contributed by atoms with Crippen molar-refractivity contribution in [3.05, 3.63) is 24.3 Å². The van der Waals surface area contributed by atoms with Crippen LogP contribution in [0.1, 0.15) is 194 Å². The Hall–Kier alpha value is -1.21. The summed E-state index contributed by atoms with van der Waals surface area (Å²) in [6, 6.07) is 0. The summed E-state index contributed by atoms with van der Waals surface area (Å²) in [5, 5.41) is 1.76. The van der Waals surface area contributed by atoms with E-state index in [1.165, 1.54) is 154 Å². The fourth-order valence-corrected chi connectivity index (χ4v) is 5.76. The maximum atomic E-state index is 12.1. The lowest BCUT2D eigenvalue weighted by molar-refractivity contribution is -0.164. The number of rotatable bonds is 40. The summed E-state index contributed by atoms with van der Waals surface area (Å²) in [5.41, 5.74) is 0. The van der Waals surface area contributed by atoms with Crippen molar-refractivity contribution in [2.45, 2.75) is 194 Å². The molecule has 48 heavy (non-hydrogen) atoms. The van der Waals surface area contributed by atoms with Gasteiger partial charge in [-0.3, -0.25) is 4.79 Å². The first-order valence-corrected chi connectivity index (χ1v) is 20.6. The third-order valence-corrected chi connectivity index (χ3v) is 8.96. The Kier molecular flexibility index (Phi) is 40.9. The number of hydrogen-bond donors (Lipinski definition) is 0. The van der Waals surface area contributed by atoms with Crippen LogP contribution >= 0.6 is 0 Å². The topological polar surface area (TPSA) is 57.2 Å². The van der Waals surface area contributed by atoms with E-state index in [9.17, 15) is 4.79 Å². The van der Waals surface area contributed by atoms with E-state index in [-0.39, 0.29) is 5.97 Å². The number of ether oxygens (including phenoxy) is 3. The molecule has 0 rings (SSSR count). The summed E-state index contributed by atoms with van der Waals surface area (Å²) in [6.45, 7) is 7.61. The largest absolute Gasteiger partial charge is 0.464 e. The minimum atomic E-state index is -0.112. The van der Waals surface area contributed by atoms with Crippen molar-refractivity contribution in [3.63, 3.8) is 0 Å². The van der Waals surface area contributed by atoms with Crippen LogP contribution in [-0.2, 0) is 23.8 Å². The summed E-state index contributed by atoms with van der Waals surface area (Å²) in [5.74, 6) is -0.112. The predicted octanol–water partition coefficient (Wildman–Crippen LogP) is 12.5. The Labute approximate surface area is 299 Å². The van der Waals surface area contributed by atoms with Crippen molar-refractivity contribution in [2.24, 2.45) is 0 Å². The molecule has 0 saturated carbocycles. The van der Waals surface area contributed by atoms with Crippen molar-refractivity contribution in [1.29, 1.82) is 0 Å². The SMILES string of the molecule is CCCCCCCC/C=C\CCCCCCCCOCOCCN(CCOC(=O)CCCCCCC/C=C\CCCCCCCC)OC. The molecule has 0 radical (unpaired) electrons. The number of hydroxylamine groups is 2. The molecule has 0 aliphatic carbocycles. The zero-order valence-electron chi connectivity index (χ0n) is 32.3. The Morgan fingerprint density at radius 1 is 0.479 bits per heavy atom. The van der Waals surface area contributed by atoms with Gasteiger partial charge in [0.1, 0.15) is 13.4 Å². The lowest BCUT2D eigenvalue weighted by Crippen LogP contribution is -2.31. The molecule has 0 aliphatic rings. The Morgan fingerprint density at radius 2 is 0.875 bits per heavy atom. The van der Waals surface area contributed by atoms with Gasteiger partial charge in [-0.15, -0.1) is 0 Å². The molecule has 0 atom stereocenters. The highest BCUT2D eigenvalue weighted by Gasteiger charge is 2.07. The summed E-state index contributed by atoms with van der Waals surface area (Å²) < 4.78 is 16.6. The van der Waals surface area contributed by atoms with Gasteiger partial charge in [-0.25, -0.2) is 0 Å². The summed E-state index contributed by atoms with van der Waals surface area (Å²) >= 11 is 0. The molecule has 284 valence electrons. The highest BCUT2D eigenvalue weighted by Crippen LogP contribution is 2.12. The maximum Gasteiger partial charge on any atom is 0.305 e. The molecule has 0 aromatic rings. The van der Waals surface area contributed by atoms with Crippen molar-refractivity contribution < 1.29 is 23.8 Å². The molecule has 0 aliphatic heterocycles. The molecular formula is C42H81NO5. The van der Waals surface area contributed by atoms with Gasteiger partial charge in [-0.2, -0.15) is 5.06 Å². The van der Waals surface area contributed by atoms with Crippen LogP contribution in [0.2, 0.25) is 0 Å². The quantitative estimate of drug-likeness (QED) is 0.0211. The van der Waals surface area contributed by atoms with Crippen LogP contribution in [-0.4, -0.2) is 57.8 Å². The second-order valence-corrected chi connectivity index (χ2v) is 13.5. The molecule has 0 fully saturated rings.